The van der Waals surface area contributed by atoms with Crippen molar-refractivity contribution in [3.8, 4) is 11.5 Å². The van der Waals surface area contributed by atoms with E-state index in [1.54, 1.807) is 25.0 Å². The summed E-state index contributed by atoms with van der Waals surface area (Å²) in [6.45, 7) is 12.3. The summed E-state index contributed by atoms with van der Waals surface area (Å²) in [6, 6.07) is 10.5. The third-order valence-corrected chi connectivity index (χ3v) is 7.81. The standard InChI is InChI=1S/C29H37N5O5/c1-20-21(2)27-24(22(3)26(20)37-19-36-5)11-12-29(4,38-27)28(35)30-25-18-34(31-39-25)33-15-13-32(14-16-33)17-23-9-7-6-8-10-23/h6-10,18H,11-17,19H2,1-5H3. The van der Waals surface area contributed by atoms with Crippen molar-refractivity contribution in [3.05, 3.63) is 64.3 Å². The van der Waals surface area contributed by atoms with E-state index in [0.29, 0.717) is 12.8 Å². The quantitative estimate of drug-likeness (QED) is 0.188. The van der Waals surface area contributed by atoms with Gasteiger partial charge in [-0.25, -0.2) is 4.99 Å². The Kier molecular flexibility index (Phi) is 7.76. The molecule has 10 nitrogen and oxygen atoms in total. The van der Waals surface area contributed by atoms with Crippen LogP contribution in [0.1, 0.15) is 41.2 Å². The molecule has 0 N–H and O–H groups in total. The van der Waals surface area contributed by atoms with Gasteiger partial charge in [0.05, 0.1) is 17.9 Å². The first-order valence-electron chi connectivity index (χ1n) is 13.4. The highest BCUT2D eigenvalue weighted by Crippen LogP contribution is 2.44. The third kappa shape index (κ3) is 5.58. The van der Waals surface area contributed by atoms with Gasteiger partial charge in [0.25, 0.3) is 6.20 Å². The third-order valence-electron chi connectivity index (χ3n) is 7.81. The minimum absolute atomic E-state index is 0.162. The first-order chi connectivity index (χ1) is 18.8. The van der Waals surface area contributed by atoms with Crippen molar-refractivity contribution < 1.29 is 28.6 Å². The van der Waals surface area contributed by atoms with Gasteiger partial charge < -0.3 is 19.3 Å². The van der Waals surface area contributed by atoms with Crippen LogP contribution in [0.3, 0.4) is 0 Å². The van der Waals surface area contributed by atoms with Crippen molar-refractivity contribution in [1.82, 2.24) is 10.2 Å². The maximum absolute atomic E-state index is 13.3. The van der Waals surface area contributed by atoms with Crippen molar-refractivity contribution in [2.24, 2.45) is 4.99 Å². The average molecular weight is 536 g/mol. The van der Waals surface area contributed by atoms with Crippen LogP contribution in [0.15, 0.2) is 46.0 Å². The molecule has 2 aliphatic heterocycles. The molecule has 2 aliphatic rings. The molecule has 1 aromatic heterocycles. The van der Waals surface area contributed by atoms with Gasteiger partial charge in [-0.1, -0.05) is 30.3 Å². The molecule has 1 unspecified atom stereocenters. The molecular weight excluding hydrogens is 498 g/mol. The van der Waals surface area contributed by atoms with Gasteiger partial charge in [-0.05, 0) is 62.8 Å². The number of benzene rings is 2. The number of aromatic nitrogens is 2. The summed E-state index contributed by atoms with van der Waals surface area (Å²) in [4.78, 5) is 8.31. The molecule has 5 rings (SSSR count). The maximum atomic E-state index is 13.3. The number of nitrogens with zero attached hydrogens (tertiary/aromatic N) is 5. The van der Waals surface area contributed by atoms with Gasteiger partial charge in [-0.2, -0.15) is 5.01 Å². The highest BCUT2D eigenvalue weighted by atomic mass is 16.7. The molecule has 39 heavy (non-hydrogen) atoms. The number of methoxy groups -OCH3 is 1. The minimum Gasteiger partial charge on any atom is -0.859 e. The summed E-state index contributed by atoms with van der Waals surface area (Å²) in [7, 11) is 1.60. The highest BCUT2D eigenvalue weighted by Gasteiger charge is 2.36. The van der Waals surface area contributed by atoms with Gasteiger partial charge in [-0.3, -0.25) is 9.42 Å². The zero-order chi connectivity index (χ0) is 27.6. The fourth-order valence-electron chi connectivity index (χ4n) is 5.29. The molecule has 0 saturated carbocycles. The SMILES string of the molecule is COCOc1c(C)c(C)c2c(c1C)CCC(C)(C([O-])=Nc1c[n+](N3CCN(Cc4ccccc4)CC3)no1)O2. The molecule has 0 radical (unpaired) electrons. The second-order valence-corrected chi connectivity index (χ2v) is 10.5. The lowest BCUT2D eigenvalue weighted by Gasteiger charge is -2.40. The normalized spacial score (nSPS) is 20.0. The maximum Gasteiger partial charge on any atom is 0.324 e. The van der Waals surface area contributed by atoms with Crippen LogP contribution in [-0.2, 0) is 17.7 Å². The van der Waals surface area contributed by atoms with Crippen LogP contribution in [0.2, 0.25) is 0 Å². The number of fused-ring (bicyclic) bond motifs is 1. The Morgan fingerprint density at radius 3 is 2.56 bits per heavy atom. The lowest BCUT2D eigenvalue weighted by molar-refractivity contribution is -0.759. The molecule has 208 valence electrons. The minimum atomic E-state index is -1.10. The first-order valence-corrected chi connectivity index (χ1v) is 13.4. The molecule has 1 atom stereocenters. The molecule has 0 spiro atoms. The predicted octanol–water partition coefficient (Wildman–Crippen LogP) is 2.50. The smallest absolute Gasteiger partial charge is 0.324 e. The molecule has 3 heterocycles. The Labute approximate surface area is 229 Å². The van der Waals surface area contributed by atoms with Crippen LogP contribution < -0.4 is 24.4 Å². The van der Waals surface area contributed by atoms with Crippen LogP contribution in [0.4, 0.5) is 5.88 Å². The van der Waals surface area contributed by atoms with Gasteiger partial charge in [0.2, 0.25) is 5.27 Å². The van der Waals surface area contributed by atoms with Gasteiger partial charge in [0.1, 0.15) is 17.1 Å². The molecule has 0 aliphatic carbocycles. The number of piperazine rings is 1. The number of rotatable bonds is 8. The van der Waals surface area contributed by atoms with Crippen molar-refractivity contribution >= 4 is 11.8 Å². The summed E-state index contributed by atoms with van der Waals surface area (Å²) in [5.41, 5.74) is 4.18. The second-order valence-electron chi connectivity index (χ2n) is 10.5. The van der Waals surface area contributed by atoms with Crippen LogP contribution in [-0.4, -0.2) is 61.8 Å². The number of hydrogen-bond donors (Lipinski definition) is 0. The lowest BCUT2D eigenvalue weighted by Crippen LogP contribution is -2.65. The van der Waals surface area contributed by atoms with Crippen LogP contribution >= 0.6 is 0 Å². The predicted molar refractivity (Wildman–Crippen MR) is 144 cm³/mol. The van der Waals surface area contributed by atoms with E-state index in [1.165, 1.54) is 5.56 Å². The van der Waals surface area contributed by atoms with E-state index in [1.807, 2.05) is 26.8 Å². The van der Waals surface area contributed by atoms with Gasteiger partial charge in [0, 0.05) is 38.2 Å². The van der Waals surface area contributed by atoms with Crippen molar-refractivity contribution in [3.63, 3.8) is 0 Å². The van der Waals surface area contributed by atoms with E-state index in [-0.39, 0.29) is 12.7 Å². The molecule has 10 heteroatoms. The Morgan fingerprint density at radius 1 is 1.10 bits per heavy atom. The first kappa shape index (κ1) is 27.0. The van der Waals surface area contributed by atoms with Gasteiger partial charge in [0.15, 0.2) is 6.79 Å². The van der Waals surface area contributed by atoms with E-state index in [2.05, 4.69) is 44.4 Å². The Bertz CT molecular complexity index is 1330. The van der Waals surface area contributed by atoms with Crippen LogP contribution in [0.25, 0.3) is 0 Å². The van der Waals surface area contributed by atoms with E-state index >= 15 is 0 Å². The number of aliphatic imine (C=N–C) groups is 1. The highest BCUT2D eigenvalue weighted by molar-refractivity contribution is 5.84. The molecule has 0 bridgehead atoms. The summed E-state index contributed by atoms with van der Waals surface area (Å²) >= 11 is 0. The fraction of sp³-hybridized carbons (Fsp3) is 0.483. The van der Waals surface area contributed by atoms with Crippen molar-refractivity contribution in [2.45, 2.75) is 52.7 Å². The van der Waals surface area contributed by atoms with Gasteiger partial charge >= 0.3 is 5.88 Å². The molecule has 1 fully saturated rings. The summed E-state index contributed by atoms with van der Waals surface area (Å²) in [5.74, 6) is 1.31. The lowest BCUT2D eigenvalue weighted by atomic mass is 9.87. The van der Waals surface area contributed by atoms with Crippen molar-refractivity contribution in [2.75, 3.05) is 45.1 Å². The van der Waals surface area contributed by atoms with Gasteiger partial charge in [-0.15, -0.1) is 0 Å². The molecule has 2 aromatic carbocycles. The van der Waals surface area contributed by atoms with Crippen molar-refractivity contribution in [1.29, 1.82) is 0 Å². The Hall–Kier alpha value is -3.63. The summed E-state index contributed by atoms with van der Waals surface area (Å²) < 4.78 is 22.7. The van der Waals surface area contributed by atoms with E-state index in [0.717, 1.165) is 66.5 Å². The van der Waals surface area contributed by atoms with Crippen LogP contribution in [0, 0.1) is 20.8 Å². The molecule has 0 amide bonds. The van der Waals surface area contributed by atoms with E-state index in [4.69, 9.17) is 18.7 Å². The molecule has 3 aromatic rings. The summed E-state index contributed by atoms with van der Waals surface area (Å²) in [5, 5.41) is 19.5. The zero-order valence-electron chi connectivity index (χ0n) is 23.4. The average Bonchev–Trinajstić information content (AvgIpc) is 3.41. The Morgan fingerprint density at radius 2 is 1.85 bits per heavy atom. The fourth-order valence-corrected chi connectivity index (χ4v) is 5.29. The molecular formula is C29H37N5O5. The number of ether oxygens (including phenoxy) is 3. The monoisotopic (exact) mass is 535 g/mol. The van der Waals surface area contributed by atoms with E-state index in [9.17, 15) is 5.11 Å². The second kappa shape index (κ2) is 11.2. The number of hydrogen-bond acceptors (Lipinski definition) is 9. The summed E-state index contributed by atoms with van der Waals surface area (Å²) in [6.07, 6.45) is 2.82. The zero-order valence-corrected chi connectivity index (χ0v) is 23.4. The molecule has 1 saturated heterocycles. The topological polar surface area (TPSA) is 99.5 Å². The largest absolute Gasteiger partial charge is 0.859 e. The van der Waals surface area contributed by atoms with E-state index < -0.39 is 11.5 Å². The van der Waals surface area contributed by atoms with Crippen LogP contribution in [0.5, 0.6) is 11.5 Å². The Balaban J connectivity index is 1.26.